The fourth-order valence-corrected chi connectivity index (χ4v) is 2.10. The van der Waals surface area contributed by atoms with E-state index >= 15 is 0 Å². The standard InChI is InChI=1S/C13H14O5/c1-13(7-12(15)16)6-10(14)9-4-3-8(17-2)5-11(9)18-13/h3-5H,6-7H2,1-2H3,(H,15,16). The summed E-state index contributed by atoms with van der Waals surface area (Å²) in [5.74, 6) is -0.144. The molecule has 0 amide bonds. The van der Waals surface area contributed by atoms with E-state index in [0.717, 1.165) is 0 Å². The molecule has 1 aliphatic rings. The van der Waals surface area contributed by atoms with Gasteiger partial charge in [-0.1, -0.05) is 0 Å². The lowest BCUT2D eigenvalue weighted by atomic mass is 9.89. The van der Waals surface area contributed by atoms with Crippen molar-refractivity contribution in [3.05, 3.63) is 23.8 Å². The minimum Gasteiger partial charge on any atom is -0.497 e. The maximum atomic E-state index is 12.0. The van der Waals surface area contributed by atoms with Gasteiger partial charge in [-0.3, -0.25) is 9.59 Å². The van der Waals surface area contributed by atoms with E-state index in [2.05, 4.69) is 0 Å². The van der Waals surface area contributed by atoms with E-state index < -0.39 is 11.6 Å². The van der Waals surface area contributed by atoms with Crippen LogP contribution in [0.2, 0.25) is 0 Å². The van der Waals surface area contributed by atoms with Gasteiger partial charge in [0.1, 0.15) is 17.1 Å². The highest BCUT2D eigenvalue weighted by Crippen LogP contribution is 2.37. The molecule has 0 radical (unpaired) electrons. The Kier molecular flexibility index (Phi) is 2.98. The lowest BCUT2D eigenvalue weighted by Crippen LogP contribution is -2.41. The van der Waals surface area contributed by atoms with Gasteiger partial charge in [0.25, 0.3) is 0 Å². The number of hydrogen-bond donors (Lipinski definition) is 1. The van der Waals surface area contributed by atoms with E-state index in [0.29, 0.717) is 17.1 Å². The monoisotopic (exact) mass is 250 g/mol. The van der Waals surface area contributed by atoms with Crippen LogP contribution in [0.1, 0.15) is 30.1 Å². The first-order valence-corrected chi connectivity index (χ1v) is 5.55. The second-order valence-electron chi connectivity index (χ2n) is 4.58. The Labute approximate surface area is 104 Å². The molecular weight excluding hydrogens is 236 g/mol. The van der Waals surface area contributed by atoms with Gasteiger partial charge in [0.05, 0.1) is 25.5 Å². The van der Waals surface area contributed by atoms with Crippen molar-refractivity contribution in [1.29, 1.82) is 0 Å². The molecule has 0 aliphatic carbocycles. The van der Waals surface area contributed by atoms with Crippen LogP contribution in [0.25, 0.3) is 0 Å². The molecule has 5 nitrogen and oxygen atoms in total. The first-order valence-electron chi connectivity index (χ1n) is 5.55. The number of carbonyl (C=O) groups excluding carboxylic acids is 1. The van der Waals surface area contributed by atoms with Crippen molar-refractivity contribution in [2.45, 2.75) is 25.4 Å². The van der Waals surface area contributed by atoms with Crippen molar-refractivity contribution in [3.8, 4) is 11.5 Å². The average molecular weight is 250 g/mol. The van der Waals surface area contributed by atoms with E-state index in [1.807, 2.05) is 0 Å². The highest BCUT2D eigenvalue weighted by atomic mass is 16.5. The largest absolute Gasteiger partial charge is 0.497 e. The van der Waals surface area contributed by atoms with E-state index in [4.69, 9.17) is 14.6 Å². The van der Waals surface area contributed by atoms with Crippen LogP contribution in [0, 0.1) is 0 Å². The van der Waals surface area contributed by atoms with Crippen LogP contribution in [0.5, 0.6) is 11.5 Å². The summed E-state index contributed by atoms with van der Waals surface area (Å²) >= 11 is 0. The zero-order valence-corrected chi connectivity index (χ0v) is 10.2. The van der Waals surface area contributed by atoms with Crippen LogP contribution in [-0.2, 0) is 4.79 Å². The number of aliphatic carboxylic acids is 1. The highest BCUT2D eigenvalue weighted by Gasteiger charge is 2.38. The van der Waals surface area contributed by atoms with Crippen molar-refractivity contribution >= 4 is 11.8 Å². The van der Waals surface area contributed by atoms with Gasteiger partial charge in [-0.05, 0) is 19.1 Å². The molecule has 0 fully saturated rings. The Hall–Kier alpha value is -2.04. The number of carbonyl (C=O) groups is 2. The van der Waals surface area contributed by atoms with Gasteiger partial charge in [0, 0.05) is 6.07 Å². The number of fused-ring (bicyclic) bond motifs is 1. The maximum Gasteiger partial charge on any atom is 0.307 e. The minimum atomic E-state index is -0.998. The molecule has 5 heteroatoms. The van der Waals surface area contributed by atoms with Crippen LogP contribution in [0.4, 0.5) is 0 Å². The Balaban J connectivity index is 2.37. The molecule has 1 N–H and O–H groups in total. The average Bonchev–Trinajstić information content (AvgIpc) is 2.26. The molecule has 1 atom stereocenters. The van der Waals surface area contributed by atoms with Gasteiger partial charge in [0.15, 0.2) is 5.78 Å². The van der Waals surface area contributed by atoms with Crippen LogP contribution in [0.15, 0.2) is 18.2 Å². The molecule has 1 aromatic carbocycles. The van der Waals surface area contributed by atoms with Gasteiger partial charge in [0.2, 0.25) is 0 Å². The van der Waals surface area contributed by atoms with Crippen molar-refractivity contribution in [2.75, 3.05) is 7.11 Å². The number of hydrogen-bond acceptors (Lipinski definition) is 4. The predicted octanol–water partition coefficient (Wildman–Crippen LogP) is 1.89. The summed E-state index contributed by atoms with van der Waals surface area (Å²) < 4.78 is 10.7. The summed E-state index contributed by atoms with van der Waals surface area (Å²) in [5, 5.41) is 8.85. The van der Waals surface area contributed by atoms with Gasteiger partial charge in [-0.15, -0.1) is 0 Å². The van der Waals surface area contributed by atoms with E-state index in [-0.39, 0.29) is 18.6 Å². The number of carboxylic acid groups (broad SMARTS) is 1. The van der Waals surface area contributed by atoms with Crippen LogP contribution in [-0.4, -0.2) is 29.6 Å². The van der Waals surface area contributed by atoms with Gasteiger partial charge < -0.3 is 14.6 Å². The first-order chi connectivity index (χ1) is 8.43. The second-order valence-corrected chi connectivity index (χ2v) is 4.58. The van der Waals surface area contributed by atoms with Crippen molar-refractivity contribution < 1.29 is 24.2 Å². The summed E-state index contributed by atoms with van der Waals surface area (Å²) in [6, 6.07) is 4.92. The molecule has 1 heterocycles. The molecule has 0 aromatic heterocycles. The second kappa shape index (κ2) is 4.33. The number of carboxylic acids is 1. The number of methoxy groups -OCH3 is 1. The van der Waals surface area contributed by atoms with E-state index in [9.17, 15) is 9.59 Å². The summed E-state index contributed by atoms with van der Waals surface area (Å²) in [6.07, 6.45) is -0.145. The Bertz CT molecular complexity index is 508. The van der Waals surface area contributed by atoms with Gasteiger partial charge in [-0.25, -0.2) is 0 Å². The predicted molar refractivity (Wildman–Crippen MR) is 63.2 cm³/mol. The van der Waals surface area contributed by atoms with E-state index in [1.54, 1.807) is 25.1 Å². The number of benzene rings is 1. The van der Waals surface area contributed by atoms with Crippen LogP contribution in [0.3, 0.4) is 0 Å². The maximum absolute atomic E-state index is 12.0. The zero-order chi connectivity index (χ0) is 13.3. The number of rotatable bonds is 3. The smallest absolute Gasteiger partial charge is 0.307 e. The highest BCUT2D eigenvalue weighted by molar-refractivity contribution is 6.00. The lowest BCUT2D eigenvalue weighted by molar-refractivity contribution is -0.141. The minimum absolute atomic E-state index is 0.0681. The summed E-state index contributed by atoms with van der Waals surface area (Å²) in [4.78, 5) is 22.8. The Morgan fingerprint density at radius 3 is 2.89 bits per heavy atom. The molecule has 0 bridgehead atoms. The third kappa shape index (κ3) is 2.30. The normalized spacial score (nSPS) is 22.0. The number of ether oxygens (including phenoxy) is 2. The molecule has 18 heavy (non-hydrogen) atoms. The lowest BCUT2D eigenvalue weighted by Gasteiger charge is -2.33. The molecule has 96 valence electrons. The Morgan fingerprint density at radius 2 is 2.28 bits per heavy atom. The Morgan fingerprint density at radius 1 is 1.56 bits per heavy atom. The van der Waals surface area contributed by atoms with Gasteiger partial charge in [-0.2, -0.15) is 0 Å². The number of ketones is 1. The molecular formula is C13H14O5. The summed E-state index contributed by atoms with van der Waals surface area (Å²) in [6.45, 7) is 1.63. The third-order valence-corrected chi connectivity index (χ3v) is 2.91. The van der Waals surface area contributed by atoms with Crippen LogP contribution < -0.4 is 9.47 Å². The van der Waals surface area contributed by atoms with Crippen molar-refractivity contribution in [2.24, 2.45) is 0 Å². The zero-order valence-electron chi connectivity index (χ0n) is 10.2. The summed E-state index contributed by atoms with van der Waals surface area (Å²) in [5.41, 5.74) is -0.527. The first kappa shape index (κ1) is 12.4. The SMILES string of the molecule is COc1ccc2c(c1)OC(C)(CC(=O)O)CC2=O. The molecule has 2 rings (SSSR count). The van der Waals surface area contributed by atoms with Gasteiger partial charge >= 0.3 is 5.97 Å². The number of Topliss-reactive ketones (excluding diaryl/α,β-unsaturated/α-hetero) is 1. The molecule has 1 unspecified atom stereocenters. The topological polar surface area (TPSA) is 72.8 Å². The van der Waals surface area contributed by atoms with Crippen molar-refractivity contribution in [3.63, 3.8) is 0 Å². The fraction of sp³-hybridized carbons (Fsp3) is 0.385. The third-order valence-electron chi connectivity index (χ3n) is 2.91. The quantitative estimate of drug-likeness (QED) is 0.886. The molecule has 1 aliphatic heterocycles. The molecule has 1 aromatic rings. The fourth-order valence-electron chi connectivity index (χ4n) is 2.10. The van der Waals surface area contributed by atoms with Crippen molar-refractivity contribution in [1.82, 2.24) is 0 Å². The molecule has 0 saturated carbocycles. The summed E-state index contributed by atoms with van der Waals surface area (Å²) in [7, 11) is 1.52. The van der Waals surface area contributed by atoms with Crippen LogP contribution >= 0.6 is 0 Å². The molecule has 0 spiro atoms. The molecule has 0 saturated heterocycles. The van der Waals surface area contributed by atoms with E-state index in [1.165, 1.54) is 7.11 Å².